The van der Waals surface area contributed by atoms with Crippen molar-refractivity contribution in [3.63, 3.8) is 0 Å². The van der Waals surface area contributed by atoms with Gasteiger partial charge in [-0.15, -0.1) is 0 Å². The molecule has 0 saturated heterocycles. The highest BCUT2D eigenvalue weighted by Crippen LogP contribution is 2.30. The smallest absolute Gasteiger partial charge is 0.309 e. The summed E-state index contributed by atoms with van der Waals surface area (Å²) in [7, 11) is 0. The maximum atomic E-state index is 12.0. The van der Waals surface area contributed by atoms with Crippen LogP contribution in [0.15, 0.2) is 0 Å². The molecule has 3 atom stereocenters. The lowest BCUT2D eigenvalue weighted by Gasteiger charge is -2.29. The first-order valence-corrected chi connectivity index (χ1v) is 6.67. The van der Waals surface area contributed by atoms with Gasteiger partial charge >= 0.3 is 5.97 Å². The second kappa shape index (κ2) is 7.67. The molecule has 1 saturated carbocycles. The molecular weight excluding hydrogens is 218 g/mol. The monoisotopic (exact) mass is 243 g/mol. The van der Waals surface area contributed by atoms with Gasteiger partial charge in [0, 0.05) is 6.61 Å². The average Bonchev–Trinajstić information content (AvgIpc) is 2.36. The van der Waals surface area contributed by atoms with Crippen molar-refractivity contribution in [3.8, 4) is 0 Å². The highest BCUT2D eigenvalue weighted by atomic mass is 16.6. The van der Waals surface area contributed by atoms with Gasteiger partial charge in [-0.3, -0.25) is 4.79 Å². The Bertz CT molecular complexity index is 233. The van der Waals surface area contributed by atoms with Gasteiger partial charge in [0.05, 0.1) is 12.5 Å². The van der Waals surface area contributed by atoms with Crippen LogP contribution in [0.4, 0.5) is 0 Å². The molecule has 0 amide bonds. The Morgan fingerprint density at radius 1 is 1.41 bits per heavy atom. The lowest BCUT2D eigenvalue weighted by molar-refractivity contribution is -0.159. The largest absolute Gasteiger partial charge is 0.460 e. The highest BCUT2D eigenvalue weighted by molar-refractivity contribution is 5.73. The molecule has 100 valence electrons. The van der Waals surface area contributed by atoms with Crippen molar-refractivity contribution < 1.29 is 14.3 Å². The third kappa shape index (κ3) is 4.64. The summed E-state index contributed by atoms with van der Waals surface area (Å²) >= 11 is 0. The van der Waals surface area contributed by atoms with Crippen LogP contribution in [0.2, 0.25) is 0 Å². The first kappa shape index (κ1) is 14.5. The Morgan fingerprint density at radius 3 is 2.76 bits per heavy atom. The van der Waals surface area contributed by atoms with Crippen molar-refractivity contribution in [2.45, 2.75) is 45.6 Å². The number of nitrogens with two attached hydrogens (primary N) is 1. The minimum atomic E-state index is -0.164. The van der Waals surface area contributed by atoms with Crippen LogP contribution in [0, 0.1) is 11.8 Å². The van der Waals surface area contributed by atoms with Crippen molar-refractivity contribution in [2.24, 2.45) is 17.6 Å². The number of rotatable bonds is 6. The number of esters is 1. The highest BCUT2D eigenvalue weighted by Gasteiger charge is 2.31. The summed E-state index contributed by atoms with van der Waals surface area (Å²) in [5, 5.41) is 0. The summed E-state index contributed by atoms with van der Waals surface area (Å²) in [6.07, 6.45) is 4.09. The van der Waals surface area contributed by atoms with Crippen molar-refractivity contribution in [3.05, 3.63) is 0 Å². The predicted octanol–water partition coefficient (Wildman–Crippen LogP) is 1.72. The Morgan fingerprint density at radius 2 is 2.12 bits per heavy atom. The topological polar surface area (TPSA) is 61.5 Å². The third-order valence-corrected chi connectivity index (χ3v) is 3.39. The van der Waals surface area contributed by atoms with E-state index in [-0.39, 0.29) is 18.0 Å². The standard InChI is InChI=1S/C13H25NO3/c1-3-16-9-10(2)17-13(15)12-7-5-4-6-11(12)8-14/h10-12H,3-9,14H2,1-2H3. The lowest BCUT2D eigenvalue weighted by Crippen LogP contribution is -2.35. The number of hydrogen-bond donors (Lipinski definition) is 1. The van der Waals surface area contributed by atoms with E-state index < -0.39 is 0 Å². The van der Waals surface area contributed by atoms with Gasteiger partial charge in [0.15, 0.2) is 0 Å². The quantitative estimate of drug-likeness (QED) is 0.722. The maximum absolute atomic E-state index is 12.0. The van der Waals surface area contributed by atoms with E-state index in [9.17, 15) is 4.79 Å². The molecule has 17 heavy (non-hydrogen) atoms. The number of carbonyl (C=O) groups excluding carboxylic acids is 1. The van der Waals surface area contributed by atoms with Crippen LogP contribution in [0.25, 0.3) is 0 Å². The Kier molecular flexibility index (Phi) is 6.52. The van der Waals surface area contributed by atoms with E-state index in [0.29, 0.717) is 25.7 Å². The van der Waals surface area contributed by atoms with Gasteiger partial charge < -0.3 is 15.2 Å². The summed E-state index contributed by atoms with van der Waals surface area (Å²) in [6, 6.07) is 0. The molecule has 3 unspecified atom stereocenters. The first-order valence-electron chi connectivity index (χ1n) is 6.67. The maximum Gasteiger partial charge on any atom is 0.309 e. The zero-order valence-electron chi connectivity index (χ0n) is 11.0. The van der Waals surface area contributed by atoms with Crippen LogP contribution < -0.4 is 5.73 Å². The SMILES string of the molecule is CCOCC(C)OC(=O)C1CCCCC1CN. The number of hydrogen-bond acceptors (Lipinski definition) is 4. The molecule has 0 spiro atoms. The minimum absolute atomic E-state index is 0.00201. The summed E-state index contributed by atoms with van der Waals surface area (Å²) in [4.78, 5) is 12.0. The molecule has 1 aliphatic rings. The molecule has 1 rings (SSSR count). The predicted molar refractivity (Wildman–Crippen MR) is 66.5 cm³/mol. The van der Waals surface area contributed by atoms with Gasteiger partial charge in [-0.05, 0) is 39.2 Å². The van der Waals surface area contributed by atoms with Gasteiger partial charge in [-0.1, -0.05) is 12.8 Å². The fourth-order valence-corrected chi connectivity index (χ4v) is 2.40. The van der Waals surface area contributed by atoms with E-state index in [1.54, 1.807) is 0 Å². The molecule has 0 aliphatic heterocycles. The molecule has 1 aliphatic carbocycles. The average molecular weight is 243 g/mol. The van der Waals surface area contributed by atoms with Crippen molar-refractivity contribution in [1.82, 2.24) is 0 Å². The van der Waals surface area contributed by atoms with Crippen molar-refractivity contribution >= 4 is 5.97 Å². The van der Waals surface area contributed by atoms with E-state index >= 15 is 0 Å². The van der Waals surface area contributed by atoms with Crippen LogP contribution >= 0.6 is 0 Å². The third-order valence-electron chi connectivity index (χ3n) is 3.39. The van der Waals surface area contributed by atoms with Gasteiger partial charge in [-0.2, -0.15) is 0 Å². The van der Waals surface area contributed by atoms with E-state index in [4.69, 9.17) is 15.2 Å². The first-order chi connectivity index (χ1) is 8.19. The Hall–Kier alpha value is -0.610. The molecule has 0 heterocycles. The van der Waals surface area contributed by atoms with Gasteiger partial charge in [-0.25, -0.2) is 0 Å². The molecule has 0 aromatic rings. The molecule has 0 bridgehead atoms. The van der Waals surface area contributed by atoms with E-state index in [2.05, 4.69) is 0 Å². The molecule has 0 radical (unpaired) electrons. The van der Waals surface area contributed by atoms with E-state index in [1.165, 1.54) is 6.42 Å². The van der Waals surface area contributed by atoms with Gasteiger partial charge in [0.1, 0.15) is 6.10 Å². The van der Waals surface area contributed by atoms with E-state index in [0.717, 1.165) is 19.3 Å². The fraction of sp³-hybridized carbons (Fsp3) is 0.923. The Balaban J connectivity index is 2.39. The lowest BCUT2D eigenvalue weighted by atomic mass is 9.79. The normalized spacial score (nSPS) is 26.5. The van der Waals surface area contributed by atoms with Crippen LogP contribution in [0.3, 0.4) is 0 Å². The summed E-state index contributed by atoms with van der Waals surface area (Å²) in [5.74, 6) is 0.209. The summed E-state index contributed by atoms with van der Waals surface area (Å²) < 4.78 is 10.6. The van der Waals surface area contributed by atoms with Gasteiger partial charge in [0.2, 0.25) is 0 Å². The molecule has 1 fully saturated rings. The van der Waals surface area contributed by atoms with Crippen LogP contribution in [-0.2, 0) is 14.3 Å². The summed E-state index contributed by atoms with van der Waals surface area (Å²) in [6.45, 7) is 5.51. The zero-order chi connectivity index (χ0) is 12.7. The summed E-state index contributed by atoms with van der Waals surface area (Å²) in [5.41, 5.74) is 5.71. The number of carbonyl (C=O) groups is 1. The fourth-order valence-electron chi connectivity index (χ4n) is 2.40. The van der Waals surface area contributed by atoms with E-state index in [1.807, 2.05) is 13.8 Å². The molecule has 2 N–H and O–H groups in total. The van der Waals surface area contributed by atoms with Crippen molar-refractivity contribution in [2.75, 3.05) is 19.8 Å². The molecular formula is C13H25NO3. The van der Waals surface area contributed by atoms with Crippen LogP contribution in [0.5, 0.6) is 0 Å². The van der Waals surface area contributed by atoms with Crippen LogP contribution in [0.1, 0.15) is 39.5 Å². The number of ether oxygens (including phenoxy) is 2. The molecule has 0 aromatic carbocycles. The second-order valence-electron chi connectivity index (χ2n) is 4.79. The van der Waals surface area contributed by atoms with Crippen molar-refractivity contribution in [1.29, 1.82) is 0 Å². The zero-order valence-corrected chi connectivity index (χ0v) is 11.0. The van der Waals surface area contributed by atoms with Gasteiger partial charge in [0.25, 0.3) is 0 Å². The molecule has 4 nitrogen and oxygen atoms in total. The minimum Gasteiger partial charge on any atom is -0.460 e. The second-order valence-corrected chi connectivity index (χ2v) is 4.79. The van der Waals surface area contributed by atoms with Crippen LogP contribution in [-0.4, -0.2) is 31.8 Å². The Labute approximate surface area is 104 Å². The molecule has 4 heteroatoms. The molecule has 0 aromatic heterocycles.